The lowest BCUT2D eigenvalue weighted by molar-refractivity contribution is -0.0819. The number of nitrogens with zero attached hydrogens (tertiary/aromatic N) is 2. The molecule has 1 aliphatic heterocycles. The third kappa shape index (κ3) is 4.09. The van der Waals surface area contributed by atoms with Crippen molar-refractivity contribution >= 4 is 21.8 Å². The molecule has 0 saturated carbocycles. The standard InChI is InChI=1S/C26H29N3O3/c1-18-15-21-23(28-18)7-4-8-24(21)32-14-9-25(30)29-12-10-26(31,11-13-29)20-16-19-5-2-3-6-22(19)27-17-20/h2-8,15-17,25,28,30-31H,9-14H2,1H3. The zero-order valence-corrected chi connectivity index (χ0v) is 18.3. The highest BCUT2D eigenvalue weighted by Crippen LogP contribution is 2.34. The van der Waals surface area contributed by atoms with Gasteiger partial charge in [0.1, 0.15) is 12.0 Å². The highest BCUT2D eigenvalue weighted by Gasteiger charge is 2.36. The van der Waals surface area contributed by atoms with Gasteiger partial charge >= 0.3 is 0 Å². The van der Waals surface area contributed by atoms with Crippen LogP contribution in [0.25, 0.3) is 21.8 Å². The minimum atomic E-state index is -0.911. The van der Waals surface area contributed by atoms with Gasteiger partial charge < -0.3 is 19.9 Å². The van der Waals surface area contributed by atoms with E-state index in [4.69, 9.17) is 4.74 Å². The molecule has 0 amide bonds. The number of piperidine rings is 1. The van der Waals surface area contributed by atoms with Crippen molar-refractivity contribution in [2.75, 3.05) is 19.7 Å². The largest absolute Gasteiger partial charge is 0.493 e. The van der Waals surface area contributed by atoms with E-state index in [1.54, 1.807) is 6.20 Å². The average molecular weight is 432 g/mol. The normalized spacial score (nSPS) is 17.6. The number of fused-ring (bicyclic) bond motifs is 2. The number of aliphatic hydroxyl groups excluding tert-OH is 1. The molecule has 0 bridgehead atoms. The van der Waals surface area contributed by atoms with Crippen LogP contribution in [0.1, 0.15) is 30.5 Å². The molecule has 2 aromatic carbocycles. The van der Waals surface area contributed by atoms with Gasteiger partial charge in [-0.3, -0.25) is 9.88 Å². The number of pyridine rings is 1. The third-order valence-corrected chi connectivity index (χ3v) is 6.57. The Morgan fingerprint density at radius 3 is 2.78 bits per heavy atom. The maximum absolute atomic E-state index is 11.3. The Labute approximate surface area is 187 Å². The third-order valence-electron chi connectivity index (χ3n) is 6.57. The number of aromatic nitrogens is 2. The summed E-state index contributed by atoms with van der Waals surface area (Å²) < 4.78 is 5.98. The van der Waals surface area contributed by atoms with E-state index in [-0.39, 0.29) is 0 Å². The molecule has 166 valence electrons. The van der Waals surface area contributed by atoms with Crippen LogP contribution < -0.4 is 4.74 Å². The summed E-state index contributed by atoms with van der Waals surface area (Å²) in [6.07, 6.45) is 2.82. The number of nitrogens with one attached hydrogen (secondary N) is 1. The minimum absolute atomic E-state index is 0.430. The molecular weight excluding hydrogens is 402 g/mol. The van der Waals surface area contributed by atoms with Gasteiger partial charge in [-0.25, -0.2) is 0 Å². The first-order chi connectivity index (χ1) is 15.5. The number of ether oxygens (including phenoxy) is 1. The number of aliphatic hydroxyl groups is 2. The number of likely N-dealkylation sites (tertiary alicyclic amines) is 1. The molecule has 32 heavy (non-hydrogen) atoms. The maximum atomic E-state index is 11.3. The Hall–Kier alpha value is -2.93. The van der Waals surface area contributed by atoms with Crippen molar-refractivity contribution in [3.05, 3.63) is 72.1 Å². The van der Waals surface area contributed by atoms with Crippen LogP contribution in [0, 0.1) is 6.92 Å². The molecule has 4 aromatic rings. The topological polar surface area (TPSA) is 81.6 Å². The maximum Gasteiger partial charge on any atom is 0.128 e. The molecule has 1 atom stereocenters. The van der Waals surface area contributed by atoms with Gasteiger partial charge in [0, 0.05) is 53.3 Å². The van der Waals surface area contributed by atoms with Gasteiger partial charge in [-0.1, -0.05) is 24.3 Å². The minimum Gasteiger partial charge on any atom is -0.493 e. The Kier molecular flexibility index (Phi) is 5.59. The van der Waals surface area contributed by atoms with E-state index < -0.39 is 11.8 Å². The second-order valence-electron chi connectivity index (χ2n) is 8.77. The van der Waals surface area contributed by atoms with Gasteiger partial charge in [-0.05, 0) is 50.1 Å². The fourth-order valence-corrected chi connectivity index (χ4v) is 4.66. The van der Waals surface area contributed by atoms with Gasteiger partial charge in [0.25, 0.3) is 0 Å². The second kappa shape index (κ2) is 8.54. The molecule has 6 nitrogen and oxygen atoms in total. The van der Waals surface area contributed by atoms with Crippen molar-refractivity contribution in [2.45, 2.75) is 38.0 Å². The van der Waals surface area contributed by atoms with E-state index in [9.17, 15) is 10.2 Å². The zero-order chi connectivity index (χ0) is 22.1. The number of hydrogen-bond donors (Lipinski definition) is 3. The predicted molar refractivity (Wildman–Crippen MR) is 126 cm³/mol. The lowest BCUT2D eigenvalue weighted by Gasteiger charge is -2.40. The Morgan fingerprint density at radius 2 is 1.94 bits per heavy atom. The predicted octanol–water partition coefficient (Wildman–Crippen LogP) is 4.10. The molecule has 1 unspecified atom stereocenters. The summed E-state index contributed by atoms with van der Waals surface area (Å²) in [6.45, 7) is 3.70. The Morgan fingerprint density at radius 1 is 1.12 bits per heavy atom. The molecule has 6 heteroatoms. The second-order valence-corrected chi connectivity index (χ2v) is 8.77. The summed E-state index contributed by atoms with van der Waals surface area (Å²) in [5, 5.41) is 24.0. The molecule has 3 N–H and O–H groups in total. The van der Waals surface area contributed by atoms with Crippen LogP contribution in [-0.4, -0.2) is 51.0 Å². The van der Waals surface area contributed by atoms with Crippen LogP contribution in [0.4, 0.5) is 0 Å². The van der Waals surface area contributed by atoms with Gasteiger partial charge in [-0.15, -0.1) is 0 Å². The van der Waals surface area contributed by atoms with Crippen molar-refractivity contribution in [3.63, 3.8) is 0 Å². The summed E-state index contributed by atoms with van der Waals surface area (Å²) >= 11 is 0. The lowest BCUT2D eigenvalue weighted by Crippen LogP contribution is -2.47. The van der Waals surface area contributed by atoms with Crippen LogP contribution in [0.2, 0.25) is 0 Å². The van der Waals surface area contributed by atoms with Crippen LogP contribution in [-0.2, 0) is 5.60 Å². The molecule has 3 heterocycles. The molecular formula is C26H29N3O3. The lowest BCUT2D eigenvalue weighted by atomic mass is 9.84. The van der Waals surface area contributed by atoms with Gasteiger partial charge in [0.05, 0.1) is 17.7 Å². The molecule has 0 aliphatic carbocycles. The molecule has 2 aromatic heterocycles. The first-order valence-electron chi connectivity index (χ1n) is 11.2. The first kappa shape index (κ1) is 20.9. The summed E-state index contributed by atoms with van der Waals surface area (Å²) in [7, 11) is 0. The van der Waals surface area contributed by atoms with Crippen molar-refractivity contribution in [3.8, 4) is 5.75 Å². The summed E-state index contributed by atoms with van der Waals surface area (Å²) in [5.74, 6) is 0.830. The number of aromatic amines is 1. The average Bonchev–Trinajstić information content (AvgIpc) is 3.20. The molecule has 1 fully saturated rings. The fourth-order valence-electron chi connectivity index (χ4n) is 4.66. The van der Waals surface area contributed by atoms with E-state index in [1.807, 2.05) is 60.4 Å². The van der Waals surface area contributed by atoms with Gasteiger partial charge in [0.15, 0.2) is 0 Å². The van der Waals surface area contributed by atoms with E-state index in [1.165, 1.54) is 0 Å². The Bertz CT molecular complexity index is 1230. The number of hydrogen-bond acceptors (Lipinski definition) is 5. The van der Waals surface area contributed by atoms with Crippen LogP contribution in [0.3, 0.4) is 0 Å². The monoisotopic (exact) mass is 431 g/mol. The molecule has 0 spiro atoms. The zero-order valence-electron chi connectivity index (χ0n) is 18.3. The number of H-pyrrole nitrogens is 1. The number of benzene rings is 2. The van der Waals surface area contributed by atoms with E-state index >= 15 is 0 Å². The molecule has 0 radical (unpaired) electrons. The molecule has 1 aliphatic rings. The van der Waals surface area contributed by atoms with Crippen molar-refractivity contribution < 1.29 is 14.9 Å². The van der Waals surface area contributed by atoms with Crippen molar-refractivity contribution in [1.29, 1.82) is 0 Å². The summed E-state index contributed by atoms with van der Waals surface area (Å²) in [6, 6.07) is 18.0. The van der Waals surface area contributed by atoms with E-state index in [0.717, 1.165) is 38.8 Å². The first-order valence-corrected chi connectivity index (χ1v) is 11.2. The van der Waals surface area contributed by atoms with Crippen molar-refractivity contribution in [2.24, 2.45) is 0 Å². The molecule has 1 saturated heterocycles. The van der Waals surface area contributed by atoms with Crippen LogP contribution in [0.5, 0.6) is 5.75 Å². The quantitative estimate of drug-likeness (QED) is 0.428. The van der Waals surface area contributed by atoms with Gasteiger partial charge in [0.2, 0.25) is 0 Å². The van der Waals surface area contributed by atoms with E-state index in [0.29, 0.717) is 39.0 Å². The number of aryl methyl sites for hydroxylation is 1. The fraction of sp³-hybridized carbons (Fsp3) is 0.346. The number of para-hydroxylation sites is 1. The van der Waals surface area contributed by atoms with Gasteiger partial charge in [-0.2, -0.15) is 0 Å². The highest BCUT2D eigenvalue weighted by molar-refractivity contribution is 5.86. The smallest absolute Gasteiger partial charge is 0.128 e. The highest BCUT2D eigenvalue weighted by atomic mass is 16.5. The number of rotatable bonds is 6. The summed E-state index contributed by atoms with van der Waals surface area (Å²) in [5.41, 5.74) is 3.02. The van der Waals surface area contributed by atoms with E-state index in [2.05, 4.69) is 16.0 Å². The Balaban J connectivity index is 1.17. The summed E-state index contributed by atoms with van der Waals surface area (Å²) in [4.78, 5) is 9.84. The van der Waals surface area contributed by atoms with Crippen LogP contribution in [0.15, 0.2) is 60.8 Å². The van der Waals surface area contributed by atoms with Crippen molar-refractivity contribution in [1.82, 2.24) is 14.9 Å². The SMILES string of the molecule is Cc1cc2c(OCCC(O)N3CCC(O)(c4cnc5ccccc5c4)CC3)cccc2[nH]1. The van der Waals surface area contributed by atoms with Crippen LogP contribution >= 0.6 is 0 Å². The molecule has 5 rings (SSSR count).